The number of aryl methyl sites for hydroxylation is 1. The third-order valence-corrected chi connectivity index (χ3v) is 4.99. The Hall–Kier alpha value is -0.950. The van der Waals surface area contributed by atoms with Gasteiger partial charge in [-0.3, -0.25) is 5.84 Å². The summed E-state index contributed by atoms with van der Waals surface area (Å²) in [5.74, 6) is 5.69. The summed E-state index contributed by atoms with van der Waals surface area (Å²) < 4.78 is 26.0. The maximum atomic E-state index is 12.2. The summed E-state index contributed by atoms with van der Waals surface area (Å²) in [4.78, 5) is 0. The topological polar surface area (TPSA) is 66.6 Å². The number of benzene rings is 1. The molecule has 0 bridgehead atoms. The SMILES string of the molecule is Cc1ccc(CS(=O)(=O)N2CCN(N)CC2)cc1. The number of nitrogens with two attached hydrogens (primary N) is 1. The van der Waals surface area contributed by atoms with Gasteiger partial charge in [0.1, 0.15) is 0 Å². The molecule has 5 nitrogen and oxygen atoms in total. The molecule has 0 aliphatic carbocycles. The molecule has 0 amide bonds. The van der Waals surface area contributed by atoms with E-state index in [1.165, 1.54) is 4.31 Å². The van der Waals surface area contributed by atoms with Crippen molar-refractivity contribution in [3.63, 3.8) is 0 Å². The Morgan fingerprint density at radius 2 is 1.67 bits per heavy atom. The third-order valence-electron chi connectivity index (χ3n) is 3.14. The van der Waals surface area contributed by atoms with Crippen LogP contribution < -0.4 is 5.84 Å². The molecular formula is C12H19N3O2S. The predicted octanol–water partition coefficient (Wildman–Crippen LogP) is 0.316. The number of hydrogen-bond acceptors (Lipinski definition) is 4. The molecule has 0 radical (unpaired) electrons. The van der Waals surface area contributed by atoms with Crippen molar-refractivity contribution < 1.29 is 8.42 Å². The molecule has 0 aromatic heterocycles. The van der Waals surface area contributed by atoms with Crippen molar-refractivity contribution in [1.29, 1.82) is 0 Å². The Morgan fingerprint density at radius 3 is 2.22 bits per heavy atom. The highest BCUT2D eigenvalue weighted by molar-refractivity contribution is 7.88. The lowest BCUT2D eigenvalue weighted by Gasteiger charge is -2.31. The van der Waals surface area contributed by atoms with Crippen LogP contribution in [0.25, 0.3) is 0 Å². The van der Waals surface area contributed by atoms with Gasteiger partial charge < -0.3 is 0 Å². The van der Waals surface area contributed by atoms with Crippen LogP contribution in [0.1, 0.15) is 11.1 Å². The highest BCUT2D eigenvalue weighted by atomic mass is 32.2. The van der Waals surface area contributed by atoms with Crippen LogP contribution in [0, 0.1) is 6.92 Å². The standard InChI is InChI=1S/C12H19N3O2S/c1-11-2-4-12(5-3-11)10-18(16,17)15-8-6-14(13)7-9-15/h2-5H,6-10,13H2,1H3. The molecule has 0 atom stereocenters. The Balaban J connectivity index is 2.05. The number of piperazine rings is 1. The first-order valence-corrected chi connectivity index (χ1v) is 7.61. The lowest BCUT2D eigenvalue weighted by Crippen LogP contribution is -2.51. The first-order chi connectivity index (χ1) is 8.47. The first-order valence-electron chi connectivity index (χ1n) is 6.00. The maximum Gasteiger partial charge on any atom is 0.218 e. The smallest absolute Gasteiger partial charge is 0.218 e. The predicted molar refractivity (Wildman–Crippen MR) is 71.1 cm³/mol. The summed E-state index contributed by atoms with van der Waals surface area (Å²) in [7, 11) is -3.22. The second-order valence-corrected chi connectivity index (χ2v) is 6.65. The van der Waals surface area contributed by atoms with E-state index in [9.17, 15) is 8.42 Å². The zero-order valence-corrected chi connectivity index (χ0v) is 11.4. The minimum atomic E-state index is -3.22. The fourth-order valence-corrected chi connectivity index (χ4v) is 3.48. The van der Waals surface area contributed by atoms with Crippen molar-refractivity contribution in [2.24, 2.45) is 5.84 Å². The number of sulfonamides is 1. The molecule has 6 heteroatoms. The summed E-state index contributed by atoms with van der Waals surface area (Å²) in [5.41, 5.74) is 1.96. The van der Waals surface area contributed by atoms with Crippen molar-refractivity contribution >= 4 is 10.0 Å². The number of hydrazine groups is 1. The Labute approximate surface area is 108 Å². The van der Waals surface area contributed by atoms with E-state index >= 15 is 0 Å². The second kappa shape index (κ2) is 5.36. The zero-order valence-electron chi connectivity index (χ0n) is 10.5. The number of hydrogen-bond donors (Lipinski definition) is 1. The van der Waals surface area contributed by atoms with E-state index in [0.29, 0.717) is 26.2 Å². The minimum absolute atomic E-state index is 0.0673. The fraction of sp³-hybridized carbons (Fsp3) is 0.500. The highest BCUT2D eigenvalue weighted by Gasteiger charge is 2.25. The molecule has 0 saturated carbocycles. The van der Waals surface area contributed by atoms with E-state index in [1.54, 1.807) is 5.01 Å². The lowest BCUT2D eigenvalue weighted by molar-refractivity contribution is 0.192. The lowest BCUT2D eigenvalue weighted by atomic mass is 10.2. The largest absolute Gasteiger partial charge is 0.269 e. The summed E-state index contributed by atoms with van der Waals surface area (Å²) >= 11 is 0. The summed E-state index contributed by atoms with van der Waals surface area (Å²) in [6.07, 6.45) is 0. The van der Waals surface area contributed by atoms with Crippen LogP contribution in [0.2, 0.25) is 0 Å². The highest BCUT2D eigenvalue weighted by Crippen LogP contribution is 2.13. The molecule has 1 aliphatic heterocycles. The summed E-state index contributed by atoms with van der Waals surface area (Å²) in [6, 6.07) is 7.60. The average molecular weight is 269 g/mol. The molecule has 1 aromatic carbocycles. The van der Waals surface area contributed by atoms with E-state index < -0.39 is 10.0 Å². The average Bonchev–Trinajstić information content (AvgIpc) is 2.32. The number of rotatable bonds is 3. The molecule has 0 unspecified atom stereocenters. The quantitative estimate of drug-likeness (QED) is 0.802. The van der Waals surface area contributed by atoms with Crippen LogP contribution in [-0.2, 0) is 15.8 Å². The first kappa shape index (κ1) is 13.5. The van der Waals surface area contributed by atoms with Crippen molar-refractivity contribution in [2.45, 2.75) is 12.7 Å². The maximum absolute atomic E-state index is 12.2. The normalized spacial score (nSPS) is 19.0. The van der Waals surface area contributed by atoms with Crippen molar-refractivity contribution in [3.05, 3.63) is 35.4 Å². The molecule has 1 heterocycles. The molecule has 18 heavy (non-hydrogen) atoms. The molecule has 100 valence electrons. The van der Waals surface area contributed by atoms with E-state index in [2.05, 4.69) is 0 Å². The second-order valence-electron chi connectivity index (χ2n) is 4.68. The molecule has 1 aliphatic rings. The zero-order chi connectivity index (χ0) is 13.2. The van der Waals surface area contributed by atoms with Gasteiger partial charge in [0.05, 0.1) is 5.75 Å². The molecule has 0 spiro atoms. The van der Waals surface area contributed by atoms with Gasteiger partial charge in [0.2, 0.25) is 10.0 Å². The molecule has 1 saturated heterocycles. The molecule has 2 rings (SSSR count). The molecule has 2 N–H and O–H groups in total. The van der Waals surface area contributed by atoms with Gasteiger partial charge >= 0.3 is 0 Å². The van der Waals surface area contributed by atoms with Crippen LogP contribution in [0.15, 0.2) is 24.3 Å². The molecule has 1 fully saturated rings. The van der Waals surface area contributed by atoms with E-state index in [0.717, 1.165) is 11.1 Å². The Bertz CT molecular complexity index is 491. The summed E-state index contributed by atoms with van der Waals surface area (Å²) in [6.45, 7) is 4.12. The van der Waals surface area contributed by atoms with E-state index in [1.807, 2.05) is 31.2 Å². The van der Waals surface area contributed by atoms with Gasteiger partial charge in [-0.25, -0.2) is 13.4 Å². The van der Waals surface area contributed by atoms with Crippen LogP contribution in [0.5, 0.6) is 0 Å². The van der Waals surface area contributed by atoms with Crippen LogP contribution in [0.3, 0.4) is 0 Å². The van der Waals surface area contributed by atoms with Crippen molar-refractivity contribution in [2.75, 3.05) is 26.2 Å². The Morgan fingerprint density at radius 1 is 1.11 bits per heavy atom. The van der Waals surface area contributed by atoms with Crippen LogP contribution in [0.4, 0.5) is 0 Å². The Kier molecular flexibility index (Phi) is 4.01. The van der Waals surface area contributed by atoms with Crippen LogP contribution >= 0.6 is 0 Å². The summed E-state index contributed by atoms with van der Waals surface area (Å²) in [5, 5.41) is 1.65. The monoisotopic (exact) mass is 269 g/mol. The van der Waals surface area contributed by atoms with Gasteiger partial charge in [0, 0.05) is 26.2 Å². The van der Waals surface area contributed by atoms with Gasteiger partial charge in [-0.1, -0.05) is 29.8 Å². The molecule has 1 aromatic rings. The van der Waals surface area contributed by atoms with Gasteiger partial charge in [-0.2, -0.15) is 4.31 Å². The van der Waals surface area contributed by atoms with Crippen molar-refractivity contribution in [1.82, 2.24) is 9.31 Å². The van der Waals surface area contributed by atoms with E-state index in [-0.39, 0.29) is 5.75 Å². The number of nitrogens with zero attached hydrogens (tertiary/aromatic N) is 2. The van der Waals surface area contributed by atoms with E-state index in [4.69, 9.17) is 5.84 Å². The van der Waals surface area contributed by atoms with Gasteiger partial charge in [-0.05, 0) is 12.5 Å². The van der Waals surface area contributed by atoms with Gasteiger partial charge in [0.25, 0.3) is 0 Å². The van der Waals surface area contributed by atoms with Crippen LogP contribution in [-0.4, -0.2) is 43.9 Å². The fourth-order valence-electron chi connectivity index (χ4n) is 1.97. The van der Waals surface area contributed by atoms with Gasteiger partial charge in [0.15, 0.2) is 0 Å². The van der Waals surface area contributed by atoms with Crippen molar-refractivity contribution in [3.8, 4) is 0 Å². The molecular weight excluding hydrogens is 250 g/mol. The minimum Gasteiger partial charge on any atom is -0.269 e. The third kappa shape index (κ3) is 3.29. The van der Waals surface area contributed by atoms with Gasteiger partial charge in [-0.15, -0.1) is 0 Å².